The van der Waals surface area contributed by atoms with Crippen molar-refractivity contribution in [2.45, 2.75) is 12.2 Å². The van der Waals surface area contributed by atoms with E-state index in [4.69, 9.17) is 24.3 Å². The molecule has 0 saturated carbocycles. The number of ether oxygens (including phenoxy) is 1. The first-order valence-corrected chi connectivity index (χ1v) is 12.1. The summed E-state index contributed by atoms with van der Waals surface area (Å²) in [7, 11) is -9.38. The molecule has 0 radical (unpaired) electrons. The summed E-state index contributed by atoms with van der Waals surface area (Å²) in [5.41, 5.74) is 2.16. The fourth-order valence-electron chi connectivity index (χ4n) is 3.67. The minimum Gasteiger partial charge on any atom is -0.404 e. The third kappa shape index (κ3) is 4.59. The first kappa shape index (κ1) is 21.7. The summed E-state index contributed by atoms with van der Waals surface area (Å²) in [6.45, 7) is 0.331. The first-order chi connectivity index (χ1) is 14.6. The van der Waals surface area contributed by atoms with Crippen LogP contribution >= 0.6 is 15.6 Å². The molecule has 0 bridgehead atoms. The van der Waals surface area contributed by atoms with Gasteiger partial charge in [0.05, 0.1) is 6.61 Å². The number of phosphoric acid groups is 2. The first-order valence-electron chi connectivity index (χ1n) is 9.00. The number of rotatable bonds is 6. The van der Waals surface area contributed by atoms with Gasteiger partial charge >= 0.3 is 15.6 Å². The van der Waals surface area contributed by atoms with E-state index in [2.05, 4.69) is 9.05 Å². The molecule has 0 spiro atoms. The molecule has 0 saturated heterocycles. The Morgan fingerprint density at radius 1 is 0.710 bits per heavy atom. The highest BCUT2D eigenvalue weighted by Gasteiger charge is 2.43. The molecule has 1 aliphatic rings. The summed E-state index contributed by atoms with van der Waals surface area (Å²) >= 11 is 0. The highest BCUT2D eigenvalue weighted by molar-refractivity contribution is 7.47. The summed E-state index contributed by atoms with van der Waals surface area (Å²) in [5, 5.41) is 0. The van der Waals surface area contributed by atoms with E-state index in [1.165, 1.54) is 24.3 Å². The molecule has 0 aromatic heterocycles. The zero-order valence-electron chi connectivity index (χ0n) is 15.9. The topological polar surface area (TPSA) is 143 Å². The third-order valence-corrected chi connectivity index (χ3v) is 5.71. The van der Waals surface area contributed by atoms with Gasteiger partial charge in [-0.1, -0.05) is 48.5 Å². The minimum absolute atomic E-state index is 0.00362. The maximum Gasteiger partial charge on any atom is 0.524 e. The van der Waals surface area contributed by atoms with Gasteiger partial charge in [0.2, 0.25) is 0 Å². The van der Waals surface area contributed by atoms with Crippen molar-refractivity contribution < 1.29 is 42.5 Å². The van der Waals surface area contributed by atoms with Crippen LogP contribution in [-0.2, 0) is 26.1 Å². The van der Waals surface area contributed by atoms with Gasteiger partial charge in [-0.2, -0.15) is 0 Å². The zero-order chi connectivity index (χ0) is 22.3. The van der Waals surface area contributed by atoms with Gasteiger partial charge in [0.25, 0.3) is 0 Å². The van der Waals surface area contributed by atoms with Crippen LogP contribution in [0.4, 0.5) is 0 Å². The Morgan fingerprint density at radius 3 is 1.61 bits per heavy atom. The summed E-state index contributed by atoms with van der Waals surface area (Å²) < 4.78 is 37.7. The van der Waals surface area contributed by atoms with E-state index in [0.717, 1.165) is 11.1 Å². The third-order valence-electron chi connectivity index (χ3n) is 4.81. The Balaban J connectivity index is 1.80. The summed E-state index contributed by atoms with van der Waals surface area (Å²) in [4.78, 5) is 36.1. The molecule has 0 amide bonds. The van der Waals surface area contributed by atoms with E-state index in [1.807, 2.05) is 24.3 Å². The standard InChI is InChI=1S/C20H18O9P2/c21-30(22,23)28-17-9-5-15(6-10-17)20(19-4-2-1-3-14(19)13-27-20)16-7-11-18(12-8-16)29-31(24,25)26/h1-12H,13H2,(H2,21,22,23)(H2,24,25,26). The smallest absolute Gasteiger partial charge is 0.404 e. The van der Waals surface area contributed by atoms with Crippen molar-refractivity contribution in [1.29, 1.82) is 0 Å². The normalized spacial score (nSPS) is 15.4. The van der Waals surface area contributed by atoms with Gasteiger partial charge in [-0.25, -0.2) is 9.13 Å². The Kier molecular flexibility index (Phi) is 5.54. The molecule has 3 aromatic rings. The fraction of sp³-hybridized carbons (Fsp3) is 0.100. The summed E-state index contributed by atoms with van der Waals surface area (Å²) in [6, 6.07) is 20.0. The monoisotopic (exact) mass is 464 g/mol. The molecule has 4 rings (SSSR count). The molecule has 0 atom stereocenters. The maximum atomic E-state index is 11.1. The predicted molar refractivity (Wildman–Crippen MR) is 109 cm³/mol. The molecular formula is C20H18O9P2. The molecule has 3 aromatic carbocycles. The second kappa shape index (κ2) is 7.89. The van der Waals surface area contributed by atoms with Gasteiger partial charge in [0.15, 0.2) is 0 Å². The Morgan fingerprint density at radius 2 is 1.16 bits per heavy atom. The lowest BCUT2D eigenvalue weighted by Crippen LogP contribution is -2.28. The van der Waals surface area contributed by atoms with Gasteiger partial charge < -0.3 is 13.8 Å². The lowest BCUT2D eigenvalue weighted by Gasteiger charge is -2.31. The number of hydrogen-bond acceptors (Lipinski definition) is 5. The molecule has 31 heavy (non-hydrogen) atoms. The average molecular weight is 464 g/mol. The van der Waals surface area contributed by atoms with Crippen molar-refractivity contribution >= 4 is 15.6 Å². The van der Waals surface area contributed by atoms with Crippen LogP contribution in [-0.4, -0.2) is 19.6 Å². The quantitative estimate of drug-likeness (QED) is 0.404. The molecule has 0 fully saturated rings. The number of hydrogen-bond donors (Lipinski definition) is 4. The van der Waals surface area contributed by atoms with Crippen LogP contribution in [0.3, 0.4) is 0 Å². The SMILES string of the molecule is O=P(O)(O)Oc1ccc(C2(c3ccc(OP(=O)(O)O)cc3)OCc3ccccc32)cc1. The van der Waals surface area contributed by atoms with Crippen molar-refractivity contribution in [3.63, 3.8) is 0 Å². The molecule has 11 heteroatoms. The van der Waals surface area contributed by atoms with E-state index in [0.29, 0.717) is 17.7 Å². The molecule has 0 unspecified atom stereocenters. The van der Waals surface area contributed by atoms with Crippen LogP contribution in [0.2, 0.25) is 0 Å². The summed E-state index contributed by atoms with van der Waals surface area (Å²) in [5.74, 6) is 0.00724. The van der Waals surface area contributed by atoms with Crippen LogP contribution in [0.15, 0.2) is 72.8 Å². The van der Waals surface area contributed by atoms with Gasteiger partial charge in [-0.3, -0.25) is 19.6 Å². The van der Waals surface area contributed by atoms with Crippen molar-refractivity contribution in [3.8, 4) is 11.5 Å². The lowest BCUT2D eigenvalue weighted by atomic mass is 9.80. The Labute approximate surface area is 177 Å². The minimum atomic E-state index is -4.69. The van der Waals surface area contributed by atoms with Crippen LogP contribution in [0, 0.1) is 0 Å². The maximum absolute atomic E-state index is 11.1. The van der Waals surface area contributed by atoms with E-state index in [9.17, 15) is 9.13 Å². The fourth-order valence-corrected chi connectivity index (χ4v) is 4.47. The van der Waals surface area contributed by atoms with Gasteiger partial charge in [-0.15, -0.1) is 0 Å². The Hall–Kier alpha value is -2.48. The van der Waals surface area contributed by atoms with Crippen molar-refractivity contribution in [2.24, 2.45) is 0 Å². The van der Waals surface area contributed by atoms with E-state index in [-0.39, 0.29) is 11.5 Å². The second-order valence-electron chi connectivity index (χ2n) is 6.84. The van der Waals surface area contributed by atoms with Crippen molar-refractivity contribution in [1.82, 2.24) is 0 Å². The van der Waals surface area contributed by atoms with Crippen LogP contribution in [0.25, 0.3) is 0 Å². The number of benzene rings is 3. The van der Waals surface area contributed by atoms with Crippen molar-refractivity contribution in [3.05, 3.63) is 95.1 Å². The van der Waals surface area contributed by atoms with Crippen LogP contribution in [0.5, 0.6) is 11.5 Å². The van der Waals surface area contributed by atoms with E-state index in [1.54, 1.807) is 24.3 Å². The molecule has 9 nitrogen and oxygen atoms in total. The average Bonchev–Trinajstić information content (AvgIpc) is 3.07. The molecular weight excluding hydrogens is 446 g/mol. The van der Waals surface area contributed by atoms with E-state index < -0.39 is 21.2 Å². The highest BCUT2D eigenvalue weighted by atomic mass is 31.2. The molecule has 4 N–H and O–H groups in total. The molecule has 1 heterocycles. The van der Waals surface area contributed by atoms with Gasteiger partial charge in [-0.05, 0) is 46.5 Å². The van der Waals surface area contributed by atoms with Gasteiger partial charge in [0.1, 0.15) is 17.1 Å². The zero-order valence-corrected chi connectivity index (χ0v) is 17.6. The lowest BCUT2D eigenvalue weighted by molar-refractivity contribution is 0.0267. The highest BCUT2D eigenvalue weighted by Crippen LogP contribution is 2.48. The Bertz CT molecular complexity index is 1110. The largest absolute Gasteiger partial charge is 0.524 e. The molecule has 0 aliphatic carbocycles. The number of fused-ring (bicyclic) bond motifs is 1. The predicted octanol–water partition coefficient (Wildman–Crippen LogP) is 3.45. The van der Waals surface area contributed by atoms with E-state index >= 15 is 0 Å². The van der Waals surface area contributed by atoms with Crippen LogP contribution < -0.4 is 9.05 Å². The van der Waals surface area contributed by atoms with Gasteiger partial charge in [0, 0.05) is 0 Å². The second-order valence-corrected chi connectivity index (χ2v) is 9.17. The van der Waals surface area contributed by atoms with Crippen molar-refractivity contribution in [2.75, 3.05) is 0 Å². The molecule has 1 aliphatic heterocycles. The summed E-state index contributed by atoms with van der Waals surface area (Å²) in [6.07, 6.45) is 0. The van der Waals surface area contributed by atoms with Crippen LogP contribution in [0.1, 0.15) is 22.3 Å². The number of phosphoric ester groups is 2. The molecule has 162 valence electrons.